The molecule has 2 aromatic heterocycles. The normalized spacial score (nSPS) is 10.9. The first-order valence-corrected chi connectivity index (χ1v) is 9.79. The van der Waals surface area contributed by atoms with Crippen LogP contribution in [0.15, 0.2) is 54.9 Å². The van der Waals surface area contributed by atoms with Gasteiger partial charge in [0.2, 0.25) is 0 Å². The first-order chi connectivity index (χ1) is 14.9. The molecule has 0 fully saturated rings. The van der Waals surface area contributed by atoms with Gasteiger partial charge in [0.15, 0.2) is 0 Å². The van der Waals surface area contributed by atoms with Crippen LogP contribution in [0.5, 0.6) is 5.75 Å². The van der Waals surface area contributed by atoms with Crippen LogP contribution in [0.4, 0.5) is 4.39 Å². The number of aromatic nitrogens is 3. The van der Waals surface area contributed by atoms with Gasteiger partial charge in [-0.3, -0.25) is 4.79 Å². The van der Waals surface area contributed by atoms with E-state index in [0.717, 1.165) is 35.2 Å². The van der Waals surface area contributed by atoms with Gasteiger partial charge in [-0.2, -0.15) is 0 Å². The molecule has 156 valence electrons. The van der Waals surface area contributed by atoms with Crippen LogP contribution in [0.25, 0.3) is 22.0 Å². The maximum Gasteiger partial charge on any atom is 0.267 e. The fourth-order valence-electron chi connectivity index (χ4n) is 3.46. The average molecular weight is 415 g/mol. The Labute approximate surface area is 178 Å². The molecule has 2 N–H and O–H groups in total. The van der Waals surface area contributed by atoms with E-state index in [1.54, 1.807) is 12.1 Å². The predicted molar refractivity (Wildman–Crippen MR) is 116 cm³/mol. The second-order valence-corrected chi connectivity index (χ2v) is 7.26. The number of carbonyl (C=O) groups is 1. The number of pyridine rings is 1. The number of hydrogen-bond donors (Lipinski definition) is 1. The van der Waals surface area contributed by atoms with Crippen LogP contribution in [0.1, 0.15) is 27.4 Å². The lowest BCUT2D eigenvalue weighted by Gasteiger charge is -2.12. The molecule has 0 atom stereocenters. The quantitative estimate of drug-likeness (QED) is 0.513. The van der Waals surface area contributed by atoms with Crippen LogP contribution in [0.2, 0.25) is 0 Å². The Morgan fingerprint density at radius 3 is 2.42 bits per heavy atom. The van der Waals surface area contributed by atoms with Gasteiger partial charge in [0, 0.05) is 29.4 Å². The molecular formula is C24H21FN4O2. The summed E-state index contributed by atoms with van der Waals surface area (Å²) in [5, 5.41) is 0.733. The van der Waals surface area contributed by atoms with Crippen molar-refractivity contribution in [3.05, 3.63) is 83.3 Å². The number of amides is 1. The highest BCUT2D eigenvalue weighted by Crippen LogP contribution is 2.33. The fourth-order valence-corrected chi connectivity index (χ4v) is 3.46. The lowest BCUT2D eigenvalue weighted by molar-refractivity contribution is 0.0996. The Morgan fingerprint density at radius 1 is 1.00 bits per heavy atom. The number of nitrogens with two attached hydrogens (primary N) is 1. The van der Waals surface area contributed by atoms with Crippen molar-refractivity contribution in [2.75, 3.05) is 7.11 Å². The van der Waals surface area contributed by atoms with Crippen molar-refractivity contribution >= 4 is 16.8 Å². The van der Waals surface area contributed by atoms with Gasteiger partial charge in [0.25, 0.3) is 5.91 Å². The van der Waals surface area contributed by atoms with Crippen molar-refractivity contribution < 1.29 is 13.9 Å². The minimum absolute atomic E-state index is 0.0850. The molecule has 1 amide bonds. The standard InChI is InChI=1S/C24H21FN4O2/c1-14-27-12-16(13-28-14)4-3-15-5-7-19-20(11-23(24(26)30)29-22(19)9-15)18-8-6-17(31-2)10-21(18)25/h5-13H,3-4H2,1-2H3,(H2,26,30)/i2-1. The first kappa shape index (κ1) is 20.4. The zero-order valence-electron chi connectivity index (χ0n) is 17.2. The maximum absolute atomic E-state index is 14.8. The summed E-state index contributed by atoms with van der Waals surface area (Å²) in [7, 11) is 1.48. The van der Waals surface area contributed by atoms with Crippen molar-refractivity contribution in [1.82, 2.24) is 15.0 Å². The van der Waals surface area contributed by atoms with Crippen LogP contribution >= 0.6 is 0 Å². The number of ether oxygens (including phenoxy) is 1. The fraction of sp³-hybridized carbons (Fsp3) is 0.167. The van der Waals surface area contributed by atoms with Gasteiger partial charge in [-0.1, -0.05) is 12.1 Å². The molecular weight excluding hydrogens is 394 g/mol. The Balaban J connectivity index is 1.75. The van der Waals surface area contributed by atoms with Gasteiger partial charge in [-0.25, -0.2) is 19.3 Å². The zero-order chi connectivity index (χ0) is 22.0. The number of carbonyl (C=O) groups excluding carboxylic acids is 1. The van der Waals surface area contributed by atoms with E-state index < -0.39 is 11.7 Å². The lowest BCUT2D eigenvalue weighted by atomic mass is 9.97. The molecule has 0 spiro atoms. The molecule has 2 aromatic carbocycles. The molecule has 31 heavy (non-hydrogen) atoms. The molecule has 7 heteroatoms. The summed E-state index contributed by atoms with van der Waals surface area (Å²) in [6.07, 6.45) is 5.15. The molecule has 0 aliphatic carbocycles. The molecule has 0 saturated carbocycles. The Morgan fingerprint density at radius 2 is 1.74 bits per heavy atom. The lowest BCUT2D eigenvalue weighted by Crippen LogP contribution is -2.13. The molecule has 0 aliphatic heterocycles. The SMILES string of the molecule is Cc1ncc(CCc2ccc3c(-c4ccc(O[11CH3])cc4F)cc(C(N)=O)nc3c2)cn1. The van der Waals surface area contributed by atoms with Gasteiger partial charge in [0.05, 0.1) is 12.6 Å². The van der Waals surface area contributed by atoms with E-state index in [9.17, 15) is 9.18 Å². The van der Waals surface area contributed by atoms with Crippen molar-refractivity contribution in [2.45, 2.75) is 19.8 Å². The molecule has 6 nitrogen and oxygen atoms in total. The third-order valence-electron chi connectivity index (χ3n) is 5.13. The molecule has 4 aromatic rings. The van der Waals surface area contributed by atoms with Gasteiger partial charge < -0.3 is 10.5 Å². The van der Waals surface area contributed by atoms with E-state index in [1.807, 2.05) is 37.5 Å². The van der Waals surface area contributed by atoms with Crippen molar-refractivity contribution in [3.63, 3.8) is 0 Å². The summed E-state index contributed by atoms with van der Waals surface area (Å²) in [6.45, 7) is 1.85. The van der Waals surface area contributed by atoms with Crippen LogP contribution in [0.3, 0.4) is 0 Å². The maximum atomic E-state index is 14.8. The first-order valence-electron chi connectivity index (χ1n) is 9.79. The molecule has 0 unspecified atom stereocenters. The van der Waals surface area contributed by atoms with E-state index in [1.165, 1.54) is 19.2 Å². The van der Waals surface area contributed by atoms with E-state index in [0.29, 0.717) is 22.4 Å². The number of halogens is 1. The van der Waals surface area contributed by atoms with Gasteiger partial charge in [-0.05, 0) is 60.7 Å². The van der Waals surface area contributed by atoms with Gasteiger partial charge >= 0.3 is 0 Å². The van der Waals surface area contributed by atoms with Gasteiger partial charge in [-0.15, -0.1) is 0 Å². The number of aryl methyl sites for hydroxylation is 3. The minimum Gasteiger partial charge on any atom is -0.497 e. The van der Waals surface area contributed by atoms with Crippen LogP contribution in [-0.2, 0) is 12.8 Å². The van der Waals surface area contributed by atoms with Crippen LogP contribution < -0.4 is 10.5 Å². The second-order valence-electron chi connectivity index (χ2n) is 7.26. The largest absolute Gasteiger partial charge is 0.497 e. The molecule has 2 heterocycles. The topological polar surface area (TPSA) is 91.0 Å². The zero-order valence-corrected chi connectivity index (χ0v) is 17.2. The summed E-state index contributed by atoms with van der Waals surface area (Å²) >= 11 is 0. The van der Waals surface area contributed by atoms with Crippen molar-refractivity contribution in [1.29, 1.82) is 0 Å². The van der Waals surface area contributed by atoms with E-state index in [-0.39, 0.29) is 5.69 Å². The highest BCUT2D eigenvalue weighted by Gasteiger charge is 2.15. The highest BCUT2D eigenvalue weighted by molar-refractivity contribution is 6.01. The third kappa shape index (κ3) is 4.35. The second kappa shape index (κ2) is 8.47. The average Bonchev–Trinajstić information content (AvgIpc) is 2.77. The Kier molecular flexibility index (Phi) is 5.58. The number of primary amides is 1. The molecule has 4 rings (SSSR count). The summed E-state index contributed by atoms with van der Waals surface area (Å²) in [4.78, 5) is 24.7. The number of rotatable bonds is 6. The van der Waals surface area contributed by atoms with Gasteiger partial charge in [0.1, 0.15) is 23.1 Å². The summed E-state index contributed by atoms with van der Waals surface area (Å²) in [5.41, 5.74) is 9.12. The van der Waals surface area contributed by atoms with Crippen LogP contribution in [0, 0.1) is 12.7 Å². The summed E-state index contributed by atoms with van der Waals surface area (Å²) in [5.74, 6) is 0.0260. The molecule has 0 saturated heterocycles. The smallest absolute Gasteiger partial charge is 0.267 e. The molecule has 0 radical (unpaired) electrons. The minimum atomic E-state index is -0.667. The van der Waals surface area contributed by atoms with Crippen LogP contribution in [-0.4, -0.2) is 28.0 Å². The number of hydrogen-bond acceptors (Lipinski definition) is 5. The summed E-state index contributed by atoms with van der Waals surface area (Å²) in [6, 6.07) is 11.9. The number of nitrogens with zero attached hydrogens (tertiary/aromatic N) is 3. The van der Waals surface area contributed by atoms with E-state index >= 15 is 0 Å². The van der Waals surface area contributed by atoms with Crippen molar-refractivity contribution in [3.8, 4) is 16.9 Å². The van der Waals surface area contributed by atoms with Crippen molar-refractivity contribution in [2.24, 2.45) is 5.73 Å². The Bertz CT molecular complexity index is 1270. The predicted octanol–water partition coefficient (Wildman–Crippen LogP) is 4.03. The van der Waals surface area contributed by atoms with E-state index in [4.69, 9.17) is 10.5 Å². The number of fused-ring (bicyclic) bond motifs is 1. The molecule has 0 aliphatic rings. The number of benzene rings is 2. The van der Waals surface area contributed by atoms with E-state index in [2.05, 4.69) is 15.0 Å². The number of methoxy groups -OCH3 is 1. The Hall–Kier alpha value is -3.87. The monoisotopic (exact) mass is 415 g/mol. The highest BCUT2D eigenvalue weighted by atomic mass is 19.1. The summed E-state index contributed by atoms with van der Waals surface area (Å²) < 4.78 is 19.9. The molecule has 0 bridgehead atoms. The third-order valence-corrected chi connectivity index (χ3v) is 5.13.